The first-order valence-electron chi connectivity index (χ1n) is 18.6. The molecule has 0 aromatic carbocycles. The Morgan fingerprint density at radius 1 is 1.00 bits per heavy atom. The largest absolute Gasteiger partial charge is 0.464 e. The monoisotopic (exact) mass is 736 g/mol. The fourth-order valence-electron chi connectivity index (χ4n) is 7.77. The molecule has 3 fully saturated rings. The number of hydrogen-bond donors (Lipinski definition) is 1. The van der Waals surface area contributed by atoms with E-state index in [1.165, 1.54) is 6.42 Å². The summed E-state index contributed by atoms with van der Waals surface area (Å²) >= 11 is 0. The van der Waals surface area contributed by atoms with Crippen molar-refractivity contribution in [1.29, 1.82) is 0 Å². The molecule has 0 spiro atoms. The van der Waals surface area contributed by atoms with Crippen LogP contribution in [0, 0.1) is 5.41 Å². The van der Waals surface area contributed by atoms with Crippen LogP contribution < -0.4 is 9.80 Å². The standard InChI is InChI=1S/C38H47F3N8O4/c1-4-52-33(50)21-53-26-10-14-49(15-11-26)32-20-42-29(19-43-32)35-46-34-30(48(2)22-37(23-51-3)12-6-5-7-13-37)18-28(45-36(34)47-35)25-16-27(24-8-9-24)44-31(17-25)38(39,40)41/h16-20,24,26H,4-15,21-23H2,1-3H3,(H,45,46,47). The minimum Gasteiger partial charge on any atom is -0.464 e. The summed E-state index contributed by atoms with van der Waals surface area (Å²) in [6.07, 6.45) is 7.39. The fraction of sp³-hybridized carbons (Fsp3) is 0.579. The van der Waals surface area contributed by atoms with E-state index in [1.54, 1.807) is 32.5 Å². The van der Waals surface area contributed by atoms with Crippen LogP contribution in [0.1, 0.15) is 82.0 Å². The highest BCUT2D eigenvalue weighted by molar-refractivity contribution is 5.91. The normalized spacial score (nSPS) is 18.0. The molecule has 53 heavy (non-hydrogen) atoms. The number of rotatable bonds is 13. The number of nitrogens with zero attached hydrogens (tertiary/aromatic N) is 7. The molecule has 2 saturated carbocycles. The fourth-order valence-corrected chi connectivity index (χ4v) is 7.77. The molecule has 1 N–H and O–H groups in total. The highest BCUT2D eigenvalue weighted by Gasteiger charge is 2.37. The van der Waals surface area contributed by atoms with Crippen molar-refractivity contribution in [3.8, 4) is 22.8 Å². The molecule has 1 aliphatic heterocycles. The topological polar surface area (TPSA) is 131 Å². The number of anilines is 2. The summed E-state index contributed by atoms with van der Waals surface area (Å²) in [5, 5.41) is 0. The first kappa shape index (κ1) is 37.0. The number of nitrogens with one attached hydrogen (secondary N) is 1. The molecule has 5 heterocycles. The Balaban J connectivity index is 1.19. The molecular weight excluding hydrogens is 689 g/mol. The number of carbonyl (C=O) groups excluding carboxylic acids is 1. The second-order valence-corrected chi connectivity index (χ2v) is 14.7. The van der Waals surface area contributed by atoms with Gasteiger partial charge in [-0.3, -0.25) is 0 Å². The molecule has 4 aromatic rings. The lowest BCUT2D eigenvalue weighted by Crippen LogP contribution is -2.40. The minimum atomic E-state index is -4.59. The quantitative estimate of drug-likeness (QED) is 0.143. The van der Waals surface area contributed by atoms with Gasteiger partial charge in [0.05, 0.1) is 43.1 Å². The Morgan fingerprint density at radius 3 is 2.43 bits per heavy atom. The number of pyridine rings is 2. The van der Waals surface area contributed by atoms with Crippen molar-refractivity contribution in [1.82, 2.24) is 29.9 Å². The Labute approximate surface area is 306 Å². The highest BCUT2D eigenvalue weighted by atomic mass is 19.4. The van der Waals surface area contributed by atoms with E-state index in [2.05, 4.69) is 19.8 Å². The van der Waals surface area contributed by atoms with Gasteiger partial charge in [0, 0.05) is 56.4 Å². The van der Waals surface area contributed by atoms with Crippen LogP contribution in [-0.4, -0.2) is 95.6 Å². The molecule has 4 aromatic heterocycles. The second kappa shape index (κ2) is 15.5. The van der Waals surface area contributed by atoms with Crippen LogP contribution in [0.3, 0.4) is 0 Å². The van der Waals surface area contributed by atoms with Gasteiger partial charge in [0.1, 0.15) is 29.3 Å². The predicted octanol–water partition coefficient (Wildman–Crippen LogP) is 6.95. The number of methoxy groups -OCH3 is 1. The Hall–Kier alpha value is -4.37. The van der Waals surface area contributed by atoms with Crippen molar-refractivity contribution < 1.29 is 32.2 Å². The highest BCUT2D eigenvalue weighted by Crippen LogP contribution is 2.43. The number of hydrogen-bond acceptors (Lipinski definition) is 11. The van der Waals surface area contributed by atoms with Crippen molar-refractivity contribution in [3.05, 3.63) is 42.0 Å². The van der Waals surface area contributed by atoms with Crippen LogP contribution in [0.25, 0.3) is 33.9 Å². The molecule has 0 radical (unpaired) electrons. The molecule has 1 saturated heterocycles. The molecule has 284 valence electrons. The molecule has 0 amide bonds. The summed E-state index contributed by atoms with van der Waals surface area (Å²) in [5.41, 5.74) is 2.56. The van der Waals surface area contributed by atoms with Gasteiger partial charge in [0.15, 0.2) is 11.5 Å². The third kappa shape index (κ3) is 8.56. The van der Waals surface area contributed by atoms with E-state index in [0.717, 1.165) is 68.9 Å². The minimum absolute atomic E-state index is 0.0247. The lowest BCUT2D eigenvalue weighted by molar-refractivity contribution is -0.151. The van der Waals surface area contributed by atoms with E-state index in [0.29, 0.717) is 72.5 Å². The summed E-state index contributed by atoms with van der Waals surface area (Å²) in [7, 11) is 3.74. The number of ether oxygens (including phenoxy) is 3. The summed E-state index contributed by atoms with van der Waals surface area (Å²) < 4.78 is 58.6. The number of aromatic nitrogens is 6. The van der Waals surface area contributed by atoms with Gasteiger partial charge < -0.3 is 29.0 Å². The number of aromatic amines is 1. The molecule has 0 unspecified atom stereocenters. The number of fused-ring (bicyclic) bond motifs is 1. The number of carbonyl (C=O) groups is 1. The lowest BCUT2D eigenvalue weighted by atomic mass is 9.74. The van der Waals surface area contributed by atoms with Gasteiger partial charge in [-0.25, -0.2) is 29.7 Å². The van der Waals surface area contributed by atoms with Crippen molar-refractivity contribution in [2.24, 2.45) is 5.41 Å². The number of piperidine rings is 1. The van der Waals surface area contributed by atoms with Crippen molar-refractivity contribution in [3.63, 3.8) is 0 Å². The first-order valence-corrected chi connectivity index (χ1v) is 18.6. The molecule has 0 atom stereocenters. The average molecular weight is 737 g/mol. The maximum atomic E-state index is 14.1. The molecule has 7 rings (SSSR count). The molecule has 3 aliphatic rings. The van der Waals surface area contributed by atoms with Crippen molar-refractivity contribution in [2.45, 2.75) is 82.9 Å². The van der Waals surface area contributed by atoms with E-state index in [4.69, 9.17) is 34.1 Å². The Bertz CT molecular complexity index is 1880. The molecule has 12 nitrogen and oxygen atoms in total. The number of alkyl halides is 3. The van der Waals surface area contributed by atoms with E-state index < -0.39 is 11.9 Å². The third-order valence-electron chi connectivity index (χ3n) is 10.6. The molecule has 2 aliphatic carbocycles. The van der Waals surface area contributed by atoms with Gasteiger partial charge in [0.2, 0.25) is 0 Å². The summed E-state index contributed by atoms with van der Waals surface area (Å²) in [4.78, 5) is 42.4. The maximum Gasteiger partial charge on any atom is 0.433 e. The van der Waals surface area contributed by atoms with Crippen LogP contribution in [0.15, 0.2) is 30.6 Å². The molecular formula is C38H47F3N8O4. The van der Waals surface area contributed by atoms with Crippen LogP contribution in [0.4, 0.5) is 24.7 Å². The van der Waals surface area contributed by atoms with Crippen LogP contribution >= 0.6 is 0 Å². The van der Waals surface area contributed by atoms with Crippen LogP contribution in [0.2, 0.25) is 0 Å². The second-order valence-electron chi connectivity index (χ2n) is 14.7. The van der Waals surface area contributed by atoms with E-state index in [9.17, 15) is 18.0 Å². The van der Waals surface area contributed by atoms with E-state index >= 15 is 0 Å². The van der Waals surface area contributed by atoms with Gasteiger partial charge in [-0.1, -0.05) is 19.3 Å². The van der Waals surface area contributed by atoms with Gasteiger partial charge in [-0.15, -0.1) is 0 Å². The van der Waals surface area contributed by atoms with Gasteiger partial charge in [0.25, 0.3) is 0 Å². The number of halogens is 3. The van der Waals surface area contributed by atoms with E-state index in [-0.39, 0.29) is 30.0 Å². The SMILES string of the molecule is CCOC(=O)COC1CCN(c2cnc(-c3nc4nc(-c5cc(C6CC6)nc(C(F)(F)F)c5)cc(N(C)CC5(COC)CCCCC5)c4[nH]3)cn2)CC1. The van der Waals surface area contributed by atoms with Gasteiger partial charge in [-0.05, 0) is 63.6 Å². The van der Waals surface area contributed by atoms with Crippen LogP contribution in [0.5, 0.6) is 0 Å². The third-order valence-corrected chi connectivity index (χ3v) is 10.6. The summed E-state index contributed by atoms with van der Waals surface area (Å²) in [6.45, 7) is 4.77. The Morgan fingerprint density at radius 2 is 1.77 bits per heavy atom. The van der Waals surface area contributed by atoms with E-state index in [1.807, 2.05) is 13.1 Å². The molecule has 15 heteroatoms. The maximum absolute atomic E-state index is 14.1. The summed E-state index contributed by atoms with van der Waals surface area (Å²) in [5.74, 6) is 0.840. The smallest absolute Gasteiger partial charge is 0.433 e. The average Bonchev–Trinajstić information content (AvgIpc) is 3.92. The zero-order chi connectivity index (χ0) is 37.2. The van der Waals surface area contributed by atoms with Crippen molar-refractivity contribution >= 4 is 28.6 Å². The number of esters is 1. The van der Waals surface area contributed by atoms with Gasteiger partial charge in [-0.2, -0.15) is 13.2 Å². The van der Waals surface area contributed by atoms with Crippen LogP contribution in [-0.2, 0) is 25.2 Å². The number of imidazole rings is 1. The molecule has 0 bridgehead atoms. The van der Waals surface area contributed by atoms with Gasteiger partial charge >= 0.3 is 12.1 Å². The Kier molecular flexibility index (Phi) is 10.8. The predicted molar refractivity (Wildman–Crippen MR) is 194 cm³/mol. The number of H-pyrrole nitrogens is 1. The zero-order valence-corrected chi connectivity index (χ0v) is 30.5. The zero-order valence-electron chi connectivity index (χ0n) is 30.5. The van der Waals surface area contributed by atoms with Crippen molar-refractivity contribution in [2.75, 3.05) is 63.4 Å². The lowest BCUT2D eigenvalue weighted by Gasteiger charge is -2.40. The summed E-state index contributed by atoms with van der Waals surface area (Å²) in [6, 6.07) is 4.69. The first-order chi connectivity index (χ1) is 25.5.